The molecule has 2 amide bonds. The molecule has 0 aliphatic heterocycles. The third-order valence-electron chi connectivity index (χ3n) is 4.45. The monoisotopic (exact) mass is 419 g/mol. The van der Waals surface area contributed by atoms with Crippen LogP contribution in [0.15, 0.2) is 90.0 Å². The maximum absolute atomic E-state index is 12.9. The lowest BCUT2D eigenvalue weighted by Crippen LogP contribution is -2.28. The van der Waals surface area contributed by atoms with Crippen LogP contribution < -0.4 is 10.3 Å². The van der Waals surface area contributed by atoms with E-state index in [0.29, 0.717) is 10.7 Å². The molecule has 3 rings (SSSR count). The molecule has 152 valence electrons. The summed E-state index contributed by atoms with van der Waals surface area (Å²) in [6.07, 6.45) is 0.0948. The van der Waals surface area contributed by atoms with E-state index in [0.717, 1.165) is 16.9 Å². The lowest BCUT2D eigenvalue weighted by atomic mass is 10.1. The van der Waals surface area contributed by atoms with Crippen molar-refractivity contribution < 1.29 is 9.59 Å². The molecule has 0 radical (unpaired) electrons. The van der Waals surface area contributed by atoms with Crippen LogP contribution in [0.3, 0.4) is 0 Å². The molecule has 0 fully saturated rings. The van der Waals surface area contributed by atoms with Gasteiger partial charge in [0.25, 0.3) is 0 Å². The molecule has 0 saturated carbocycles. The van der Waals surface area contributed by atoms with Crippen LogP contribution in [0.4, 0.5) is 11.4 Å². The lowest BCUT2D eigenvalue weighted by molar-refractivity contribution is -0.124. The summed E-state index contributed by atoms with van der Waals surface area (Å²) in [5, 5.41) is 4.75. The van der Waals surface area contributed by atoms with Gasteiger partial charge < -0.3 is 0 Å². The molecule has 0 unspecified atom stereocenters. The second-order valence-electron chi connectivity index (χ2n) is 6.64. The highest BCUT2D eigenvalue weighted by atomic mass is 35.5. The van der Waals surface area contributed by atoms with Crippen molar-refractivity contribution in [1.29, 1.82) is 0 Å². The number of carbonyl (C=O) groups excluding carboxylic acids is 2. The van der Waals surface area contributed by atoms with Gasteiger partial charge in [0.2, 0.25) is 11.8 Å². The van der Waals surface area contributed by atoms with E-state index in [2.05, 4.69) is 10.5 Å². The van der Waals surface area contributed by atoms with E-state index in [4.69, 9.17) is 11.6 Å². The Hall–Kier alpha value is -3.44. The number of carbonyl (C=O) groups is 2. The fourth-order valence-corrected chi connectivity index (χ4v) is 3.01. The van der Waals surface area contributed by atoms with E-state index in [1.165, 1.54) is 0 Å². The first kappa shape index (κ1) is 21.3. The zero-order valence-corrected chi connectivity index (χ0v) is 17.3. The predicted octanol–water partition coefficient (Wildman–Crippen LogP) is 5.33. The smallest absolute Gasteiger partial charge is 0.240 e. The summed E-state index contributed by atoms with van der Waals surface area (Å²) >= 11 is 5.88. The van der Waals surface area contributed by atoms with Gasteiger partial charge in [-0.1, -0.05) is 60.1 Å². The minimum atomic E-state index is -0.322. The van der Waals surface area contributed by atoms with Crippen LogP contribution in [-0.2, 0) is 9.59 Å². The summed E-state index contributed by atoms with van der Waals surface area (Å²) in [6.45, 7) is 1.79. The fraction of sp³-hybridized carbons (Fsp3) is 0.125. The Labute approximate surface area is 181 Å². The Morgan fingerprint density at radius 1 is 0.833 bits per heavy atom. The zero-order valence-electron chi connectivity index (χ0n) is 16.6. The molecule has 3 aromatic rings. The number of halogens is 1. The highest BCUT2D eigenvalue weighted by Gasteiger charge is 2.18. The van der Waals surface area contributed by atoms with Gasteiger partial charge in [0.1, 0.15) is 0 Å². The van der Waals surface area contributed by atoms with Crippen molar-refractivity contribution in [3.8, 4) is 0 Å². The number of para-hydroxylation sites is 2. The maximum Gasteiger partial charge on any atom is 0.240 e. The largest absolute Gasteiger partial charge is 0.281 e. The third kappa shape index (κ3) is 5.78. The number of nitrogens with zero attached hydrogens (tertiary/aromatic N) is 2. The van der Waals surface area contributed by atoms with Crippen LogP contribution >= 0.6 is 11.6 Å². The molecule has 0 aliphatic carbocycles. The fourth-order valence-electron chi connectivity index (χ4n) is 2.88. The van der Waals surface area contributed by atoms with E-state index in [-0.39, 0.29) is 24.7 Å². The van der Waals surface area contributed by atoms with Crippen molar-refractivity contribution in [2.45, 2.75) is 19.8 Å². The average Bonchev–Trinajstić information content (AvgIpc) is 2.78. The Kier molecular flexibility index (Phi) is 7.35. The third-order valence-corrected chi connectivity index (χ3v) is 4.71. The van der Waals surface area contributed by atoms with Gasteiger partial charge in [-0.2, -0.15) is 5.10 Å². The van der Waals surface area contributed by atoms with Gasteiger partial charge in [-0.05, 0) is 48.9 Å². The molecule has 6 heteroatoms. The van der Waals surface area contributed by atoms with E-state index in [1.54, 1.807) is 24.0 Å². The number of anilines is 2. The first-order valence-electron chi connectivity index (χ1n) is 9.57. The molecule has 0 spiro atoms. The van der Waals surface area contributed by atoms with Crippen molar-refractivity contribution in [3.63, 3.8) is 0 Å². The topological polar surface area (TPSA) is 61.8 Å². The molecule has 0 aliphatic rings. The van der Waals surface area contributed by atoms with Gasteiger partial charge in [0.05, 0.1) is 5.71 Å². The summed E-state index contributed by atoms with van der Waals surface area (Å²) in [6, 6.07) is 25.9. The molecule has 1 N–H and O–H groups in total. The number of hydrazone groups is 1. The molecule has 0 bridgehead atoms. The molecular weight excluding hydrogens is 398 g/mol. The maximum atomic E-state index is 12.9. The van der Waals surface area contributed by atoms with Crippen LogP contribution in [0.1, 0.15) is 25.3 Å². The normalized spacial score (nSPS) is 11.1. The molecule has 30 heavy (non-hydrogen) atoms. The highest BCUT2D eigenvalue weighted by Crippen LogP contribution is 2.26. The van der Waals surface area contributed by atoms with Gasteiger partial charge in [-0.25, -0.2) is 5.43 Å². The van der Waals surface area contributed by atoms with Crippen molar-refractivity contribution in [2.75, 3.05) is 4.90 Å². The van der Waals surface area contributed by atoms with Gasteiger partial charge in [0.15, 0.2) is 0 Å². The molecule has 3 aromatic carbocycles. The van der Waals surface area contributed by atoms with Crippen LogP contribution in [0.2, 0.25) is 5.02 Å². The summed E-state index contributed by atoms with van der Waals surface area (Å²) < 4.78 is 0. The van der Waals surface area contributed by atoms with Gasteiger partial charge in [-0.3, -0.25) is 14.5 Å². The van der Waals surface area contributed by atoms with E-state index in [1.807, 2.05) is 72.8 Å². The lowest BCUT2D eigenvalue weighted by Gasteiger charge is -2.23. The molecular formula is C24H22ClN3O2. The molecule has 0 heterocycles. The van der Waals surface area contributed by atoms with Gasteiger partial charge in [-0.15, -0.1) is 0 Å². The van der Waals surface area contributed by atoms with Crippen LogP contribution in [0, 0.1) is 0 Å². The Morgan fingerprint density at radius 2 is 1.37 bits per heavy atom. The van der Waals surface area contributed by atoms with Crippen LogP contribution in [-0.4, -0.2) is 17.5 Å². The van der Waals surface area contributed by atoms with Crippen LogP contribution in [0.5, 0.6) is 0 Å². The first-order chi connectivity index (χ1) is 14.5. The highest BCUT2D eigenvalue weighted by molar-refractivity contribution is 6.30. The quantitative estimate of drug-likeness (QED) is 0.416. The van der Waals surface area contributed by atoms with Crippen molar-refractivity contribution in [3.05, 3.63) is 95.5 Å². The van der Waals surface area contributed by atoms with E-state index < -0.39 is 0 Å². The average molecular weight is 420 g/mol. The summed E-state index contributed by atoms with van der Waals surface area (Å²) in [5.41, 5.74) is 5.54. The summed E-state index contributed by atoms with van der Waals surface area (Å²) in [5.74, 6) is -0.487. The van der Waals surface area contributed by atoms with Crippen molar-refractivity contribution in [2.24, 2.45) is 5.10 Å². The van der Waals surface area contributed by atoms with E-state index >= 15 is 0 Å². The second-order valence-corrected chi connectivity index (χ2v) is 7.08. The van der Waals surface area contributed by atoms with Gasteiger partial charge in [0, 0.05) is 29.2 Å². The summed E-state index contributed by atoms with van der Waals surface area (Å²) in [4.78, 5) is 26.8. The predicted molar refractivity (Wildman–Crippen MR) is 121 cm³/mol. The number of rotatable bonds is 7. The Balaban J connectivity index is 1.63. The standard InChI is InChI=1S/C24H22ClN3O2/c1-18(19-12-14-20(25)15-13-19)26-27-23(29)16-17-24(30)28(21-8-4-2-5-9-21)22-10-6-3-7-11-22/h2-15H,16-17H2,1H3,(H,27,29). The minimum Gasteiger partial charge on any atom is -0.281 e. The second kappa shape index (κ2) is 10.4. The molecule has 5 nitrogen and oxygen atoms in total. The number of nitrogens with one attached hydrogen (secondary N) is 1. The Bertz CT molecular complexity index is 980. The SMILES string of the molecule is CC(=NNC(=O)CCC(=O)N(c1ccccc1)c1ccccc1)c1ccc(Cl)cc1. The minimum absolute atomic E-state index is 0.0341. The molecule has 0 aromatic heterocycles. The van der Waals surface area contributed by atoms with E-state index in [9.17, 15) is 9.59 Å². The van der Waals surface area contributed by atoms with Crippen molar-refractivity contribution in [1.82, 2.24) is 5.43 Å². The zero-order chi connectivity index (χ0) is 21.3. The van der Waals surface area contributed by atoms with Gasteiger partial charge >= 0.3 is 0 Å². The summed E-state index contributed by atoms with van der Waals surface area (Å²) in [7, 11) is 0. The molecule has 0 saturated heterocycles. The number of benzene rings is 3. The Morgan fingerprint density at radius 3 is 1.90 bits per heavy atom. The number of hydrogen-bond acceptors (Lipinski definition) is 3. The molecule has 0 atom stereocenters. The van der Waals surface area contributed by atoms with Crippen LogP contribution in [0.25, 0.3) is 0 Å². The number of hydrogen-bond donors (Lipinski definition) is 1. The first-order valence-corrected chi connectivity index (χ1v) is 9.94. The van der Waals surface area contributed by atoms with Crippen molar-refractivity contribution >= 4 is 40.5 Å². The number of amides is 2.